The second kappa shape index (κ2) is 5.87. The van der Waals surface area contributed by atoms with E-state index in [0.29, 0.717) is 0 Å². The second-order valence-corrected chi connectivity index (χ2v) is 6.00. The maximum atomic E-state index is 5.83. The van der Waals surface area contributed by atoms with Crippen molar-refractivity contribution in [2.24, 2.45) is 11.1 Å². The summed E-state index contributed by atoms with van der Waals surface area (Å²) in [6, 6.07) is 0. The lowest BCUT2D eigenvalue weighted by Gasteiger charge is -2.39. The Bertz CT molecular complexity index is 344. The topological polar surface area (TPSA) is 64.9 Å². The minimum absolute atomic E-state index is 0.250. The second-order valence-electron chi connectivity index (χ2n) is 4.89. The molecule has 0 unspecified atom stereocenters. The molecule has 1 aromatic rings. The van der Waals surface area contributed by atoms with Crippen molar-refractivity contribution in [3.05, 3.63) is 11.7 Å². The van der Waals surface area contributed by atoms with Gasteiger partial charge in [-0.2, -0.15) is 16.7 Å². The summed E-state index contributed by atoms with van der Waals surface area (Å²) < 4.78 is 5.30. The van der Waals surface area contributed by atoms with Gasteiger partial charge in [0.1, 0.15) is 0 Å². The molecule has 1 fully saturated rings. The number of nitrogens with two attached hydrogens (primary N) is 1. The Hall–Kier alpha value is -0.550. The van der Waals surface area contributed by atoms with Gasteiger partial charge in [0.15, 0.2) is 5.82 Å². The molecule has 0 radical (unpaired) electrons. The average molecular weight is 255 g/mol. The van der Waals surface area contributed by atoms with E-state index in [9.17, 15) is 0 Å². The molecular weight excluding hydrogens is 234 g/mol. The number of aromatic nitrogens is 2. The van der Waals surface area contributed by atoms with Crippen molar-refractivity contribution in [3.8, 4) is 0 Å². The molecule has 2 rings (SSSR count). The molecule has 4 nitrogen and oxygen atoms in total. The maximum absolute atomic E-state index is 5.83. The van der Waals surface area contributed by atoms with Crippen LogP contribution in [0.25, 0.3) is 0 Å². The van der Waals surface area contributed by atoms with E-state index in [1.165, 1.54) is 25.7 Å². The van der Waals surface area contributed by atoms with E-state index >= 15 is 0 Å². The van der Waals surface area contributed by atoms with E-state index in [1.807, 2.05) is 11.8 Å². The van der Waals surface area contributed by atoms with Crippen LogP contribution < -0.4 is 5.73 Å². The Balaban J connectivity index is 1.85. The van der Waals surface area contributed by atoms with Gasteiger partial charge in [-0.05, 0) is 37.0 Å². The Morgan fingerprint density at radius 3 is 2.88 bits per heavy atom. The molecule has 17 heavy (non-hydrogen) atoms. The molecule has 5 heteroatoms. The SMILES string of the molecule is CCCSCc1noc(CC2(CN)CCC2)n1. The molecule has 0 spiro atoms. The first-order valence-electron chi connectivity index (χ1n) is 6.37. The van der Waals surface area contributed by atoms with Gasteiger partial charge >= 0.3 is 0 Å². The normalized spacial score (nSPS) is 18.0. The van der Waals surface area contributed by atoms with Gasteiger partial charge in [-0.15, -0.1) is 0 Å². The Labute approximate surface area is 107 Å². The molecule has 1 aliphatic carbocycles. The number of hydrogen-bond donors (Lipinski definition) is 1. The molecule has 96 valence electrons. The predicted octanol–water partition coefficient (Wildman–Crippen LogP) is 2.38. The third-order valence-electron chi connectivity index (χ3n) is 3.46. The fourth-order valence-electron chi connectivity index (χ4n) is 2.18. The van der Waals surface area contributed by atoms with Crippen molar-refractivity contribution in [1.82, 2.24) is 10.1 Å². The van der Waals surface area contributed by atoms with Gasteiger partial charge in [0.25, 0.3) is 0 Å². The number of hydrogen-bond acceptors (Lipinski definition) is 5. The molecule has 0 amide bonds. The third kappa shape index (κ3) is 3.22. The molecule has 0 aliphatic heterocycles. The highest BCUT2D eigenvalue weighted by atomic mass is 32.2. The van der Waals surface area contributed by atoms with Crippen LogP contribution in [-0.4, -0.2) is 22.4 Å². The van der Waals surface area contributed by atoms with Crippen molar-refractivity contribution >= 4 is 11.8 Å². The first-order valence-corrected chi connectivity index (χ1v) is 7.53. The fourth-order valence-corrected chi connectivity index (χ4v) is 2.91. The van der Waals surface area contributed by atoms with Crippen molar-refractivity contribution in [2.45, 2.75) is 44.8 Å². The Kier molecular flexibility index (Phi) is 4.45. The van der Waals surface area contributed by atoms with Gasteiger partial charge in [0.05, 0.1) is 5.75 Å². The molecule has 1 saturated carbocycles. The molecular formula is C12H21N3OS. The van der Waals surface area contributed by atoms with Gasteiger partial charge in [-0.25, -0.2) is 0 Å². The van der Waals surface area contributed by atoms with Crippen LogP contribution in [0, 0.1) is 5.41 Å². The van der Waals surface area contributed by atoms with Crippen LogP contribution in [0.4, 0.5) is 0 Å². The van der Waals surface area contributed by atoms with Crippen molar-refractivity contribution < 1.29 is 4.52 Å². The number of nitrogens with zero attached hydrogens (tertiary/aromatic N) is 2. The summed E-state index contributed by atoms with van der Waals surface area (Å²) in [7, 11) is 0. The summed E-state index contributed by atoms with van der Waals surface area (Å²) in [5.74, 6) is 3.59. The Morgan fingerprint density at radius 2 is 2.29 bits per heavy atom. The van der Waals surface area contributed by atoms with Crippen molar-refractivity contribution in [1.29, 1.82) is 0 Å². The summed E-state index contributed by atoms with van der Waals surface area (Å²) in [5, 5.41) is 4.02. The van der Waals surface area contributed by atoms with Crippen LogP contribution in [0.2, 0.25) is 0 Å². The lowest BCUT2D eigenvalue weighted by molar-refractivity contribution is 0.129. The third-order valence-corrected chi connectivity index (χ3v) is 4.62. The van der Waals surface area contributed by atoms with E-state index < -0.39 is 0 Å². The summed E-state index contributed by atoms with van der Waals surface area (Å²) in [6.07, 6.45) is 5.72. The zero-order chi connectivity index (χ0) is 12.1. The fraction of sp³-hybridized carbons (Fsp3) is 0.833. The molecule has 0 atom stereocenters. The molecule has 1 aliphatic rings. The van der Waals surface area contributed by atoms with E-state index in [-0.39, 0.29) is 5.41 Å². The summed E-state index contributed by atoms with van der Waals surface area (Å²) in [5.41, 5.74) is 6.08. The van der Waals surface area contributed by atoms with E-state index in [1.54, 1.807) is 0 Å². The quantitative estimate of drug-likeness (QED) is 0.758. The molecule has 1 aromatic heterocycles. The minimum atomic E-state index is 0.250. The Morgan fingerprint density at radius 1 is 1.47 bits per heavy atom. The smallest absolute Gasteiger partial charge is 0.227 e. The van der Waals surface area contributed by atoms with Gasteiger partial charge < -0.3 is 10.3 Å². The lowest BCUT2D eigenvalue weighted by atomic mass is 9.67. The highest BCUT2D eigenvalue weighted by Crippen LogP contribution is 2.42. The van der Waals surface area contributed by atoms with Gasteiger partial charge in [0.2, 0.25) is 5.89 Å². The summed E-state index contributed by atoms with van der Waals surface area (Å²) >= 11 is 1.85. The van der Waals surface area contributed by atoms with E-state index in [2.05, 4.69) is 17.1 Å². The van der Waals surface area contributed by atoms with E-state index in [4.69, 9.17) is 10.3 Å². The highest BCUT2D eigenvalue weighted by Gasteiger charge is 2.37. The molecule has 0 aromatic carbocycles. The van der Waals surface area contributed by atoms with Crippen LogP contribution in [0.15, 0.2) is 4.52 Å². The van der Waals surface area contributed by atoms with Gasteiger partial charge in [-0.3, -0.25) is 0 Å². The van der Waals surface area contributed by atoms with Gasteiger partial charge in [0, 0.05) is 6.42 Å². The summed E-state index contributed by atoms with van der Waals surface area (Å²) in [4.78, 5) is 4.44. The number of rotatable bonds is 7. The standard InChI is InChI=1S/C12H21N3OS/c1-2-6-17-8-10-14-11(16-15-10)7-12(9-13)4-3-5-12/h2-9,13H2,1H3. The van der Waals surface area contributed by atoms with Crippen LogP contribution >= 0.6 is 11.8 Å². The molecule has 1 heterocycles. The summed E-state index contributed by atoms with van der Waals surface area (Å²) in [6.45, 7) is 2.91. The molecule has 2 N–H and O–H groups in total. The van der Waals surface area contributed by atoms with Gasteiger partial charge in [-0.1, -0.05) is 18.5 Å². The number of thioether (sulfide) groups is 1. The monoisotopic (exact) mass is 255 g/mol. The zero-order valence-corrected chi connectivity index (χ0v) is 11.3. The first-order chi connectivity index (χ1) is 8.28. The first kappa shape index (κ1) is 12.9. The van der Waals surface area contributed by atoms with E-state index in [0.717, 1.165) is 36.2 Å². The average Bonchev–Trinajstić information content (AvgIpc) is 2.72. The molecule has 0 saturated heterocycles. The lowest BCUT2D eigenvalue weighted by Crippen LogP contribution is -2.39. The highest BCUT2D eigenvalue weighted by molar-refractivity contribution is 7.98. The minimum Gasteiger partial charge on any atom is -0.339 e. The largest absolute Gasteiger partial charge is 0.339 e. The zero-order valence-electron chi connectivity index (χ0n) is 10.4. The van der Waals surface area contributed by atoms with Crippen LogP contribution in [0.3, 0.4) is 0 Å². The maximum Gasteiger partial charge on any atom is 0.227 e. The van der Waals surface area contributed by atoms with Crippen LogP contribution in [0.5, 0.6) is 0 Å². The predicted molar refractivity (Wildman–Crippen MR) is 69.8 cm³/mol. The molecule has 0 bridgehead atoms. The van der Waals surface area contributed by atoms with Crippen LogP contribution in [-0.2, 0) is 12.2 Å². The van der Waals surface area contributed by atoms with Crippen molar-refractivity contribution in [2.75, 3.05) is 12.3 Å². The van der Waals surface area contributed by atoms with Crippen LogP contribution in [0.1, 0.15) is 44.3 Å². The van der Waals surface area contributed by atoms with Crippen molar-refractivity contribution in [3.63, 3.8) is 0 Å².